The Morgan fingerprint density at radius 2 is 1.95 bits per heavy atom. The maximum atomic E-state index is 12.1. The molecule has 19 heavy (non-hydrogen) atoms. The second kappa shape index (κ2) is 6.19. The lowest BCUT2D eigenvalue weighted by Crippen LogP contribution is -2.16. The molecule has 0 unspecified atom stereocenters. The van der Waals surface area contributed by atoms with Crippen LogP contribution in [0.1, 0.15) is 30.6 Å². The second-order valence-corrected chi connectivity index (χ2v) is 6.36. The van der Waals surface area contributed by atoms with Crippen molar-refractivity contribution in [1.29, 1.82) is 0 Å². The van der Waals surface area contributed by atoms with Crippen molar-refractivity contribution in [1.82, 2.24) is 0 Å². The van der Waals surface area contributed by atoms with Gasteiger partial charge in [0.25, 0.3) is 0 Å². The highest BCUT2D eigenvalue weighted by Gasteiger charge is 2.18. The van der Waals surface area contributed by atoms with Gasteiger partial charge in [0.1, 0.15) is 13.2 Å². The summed E-state index contributed by atoms with van der Waals surface area (Å²) in [5.74, 6) is 2.10. The molecule has 0 bridgehead atoms. The zero-order valence-electron chi connectivity index (χ0n) is 11.3. The molecule has 1 aliphatic heterocycles. The average molecular weight is 281 g/mol. The molecule has 0 aromatic heterocycles. The fraction of sp³-hybridized carbons (Fsp3) is 0.500. The van der Waals surface area contributed by atoms with Gasteiger partial charge in [0.2, 0.25) is 0 Å². The average Bonchev–Trinajstić information content (AvgIpc) is 2.37. The Kier molecular flexibility index (Phi) is 4.58. The predicted molar refractivity (Wildman–Crippen MR) is 78.4 cm³/mol. The van der Waals surface area contributed by atoms with Crippen LogP contribution in [-0.2, 0) is 0 Å². The van der Waals surface area contributed by atoms with E-state index in [1.54, 1.807) is 23.9 Å². The number of Topliss-reactive ketones (excluding diaryl/α,β-unsaturated/α-hetero) is 1. The van der Waals surface area contributed by atoms with Gasteiger partial charge in [-0.1, -0.05) is 13.8 Å². The molecule has 1 aromatic rings. The minimum absolute atomic E-state index is 0.0580. The third-order valence-corrected chi connectivity index (χ3v) is 3.90. The summed E-state index contributed by atoms with van der Waals surface area (Å²) in [6, 6.07) is 3.38. The van der Waals surface area contributed by atoms with Gasteiger partial charge in [-0.3, -0.25) is 4.79 Å². The highest BCUT2D eigenvalue weighted by molar-refractivity contribution is 7.99. The Bertz CT molecular complexity index is 474. The molecular formula is C14H19NO3S. The standard InChI is InChI=1S/C14H19NO3S/c1-9(2)19-6-3-12(16)10-7-13-14(8-11(10)15)18-5-4-17-13/h7-9H,3-6,15H2,1-2H3. The quantitative estimate of drug-likeness (QED) is 0.664. The SMILES string of the molecule is CC(C)SCCC(=O)c1cc2c(cc1N)OCCO2. The van der Waals surface area contributed by atoms with E-state index in [9.17, 15) is 4.79 Å². The summed E-state index contributed by atoms with van der Waals surface area (Å²) in [6.07, 6.45) is 0.493. The first kappa shape index (κ1) is 14.1. The highest BCUT2D eigenvalue weighted by atomic mass is 32.2. The Morgan fingerprint density at radius 1 is 1.32 bits per heavy atom. The van der Waals surface area contributed by atoms with Crippen molar-refractivity contribution in [2.24, 2.45) is 0 Å². The van der Waals surface area contributed by atoms with Gasteiger partial charge in [-0.2, -0.15) is 11.8 Å². The first-order valence-corrected chi connectivity index (χ1v) is 7.46. The number of hydrogen-bond donors (Lipinski definition) is 1. The van der Waals surface area contributed by atoms with Crippen molar-refractivity contribution in [2.45, 2.75) is 25.5 Å². The molecule has 0 radical (unpaired) electrons. The van der Waals surface area contributed by atoms with E-state index >= 15 is 0 Å². The molecule has 0 saturated heterocycles. The number of anilines is 1. The Balaban J connectivity index is 2.09. The molecule has 104 valence electrons. The summed E-state index contributed by atoms with van der Waals surface area (Å²) in [6.45, 7) is 5.26. The summed E-state index contributed by atoms with van der Waals surface area (Å²) in [5, 5.41) is 0.533. The van der Waals surface area contributed by atoms with Gasteiger partial charge < -0.3 is 15.2 Å². The van der Waals surface area contributed by atoms with Gasteiger partial charge in [0.15, 0.2) is 17.3 Å². The van der Waals surface area contributed by atoms with Gasteiger partial charge in [0.05, 0.1) is 0 Å². The number of ketones is 1. The van der Waals surface area contributed by atoms with Crippen LogP contribution >= 0.6 is 11.8 Å². The van der Waals surface area contributed by atoms with Crippen LogP contribution in [0.5, 0.6) is 11.5 Å². The minimum atomic E-state index is 0.0580. The minimum Gasteiger partial charge on any atom is -0.486 e. The summed E-state index contributed by atoms with van der Waals surface area (Å²) in [7, 11) is 0. The fourth-order valence-corrected chi connectivity index (χ4v) is 2.64. The van der Waals surface area contributed by atoms with Crippen LogP contribution in [0.2, 0.25) is 0 Å². The van der Waals surface area contributed by atoms with Crippen LogP contribution < -0.4 is 15.2 Å². The van der Waals surface area contributed by atoms with Crippen molar-refractivity contribution in [3.63, 3.8) is 0 Å². The van der Waals surface area contributed by atoms with Gasteiger partial charge in [-0.05, 0) is 11.3 Å². The van der Waals surface area contributed by atoms with Crippen LogP contribution in [0.4, 0.5) is 5.69 Å². The molecule has 0 fully saturated rings. The maximum absolute atomic E-state index is 12.1. The zero-order chi connectivity index (χ0) is 13.8. The van der Waals surface area contributed by atoms with E-state index in [0.29, 0.717) is 47.6 Å². The molecule has 1 aliphatic rings. The van der Waals surface area contributed by atoms with Gasteiger partial charge in [-0.25, -0.2) is 0 Å². The molecule has 0 aliphatic carbocycles. The van der Waals surface area contributed by atoms with Crippen LogP contribution in [0.25, 0.3) is 0 Å². The number of carbonyl (C=O) groups excluding carboxylic acids is 1. The molecule has 2 rings (SSSR count). The number of rotatable bonds is 5. The van der Waals surface area contributed by atoms with Gasteiger partial charge in [0, 0.05) is 29.5 Å². The van der Waals surface area contributed by atoms with Crippen LogP contribution in [0.3, 0.4) is 0 Å². The van der Waals surface area contributed by atoms with Gasteiger partial charge in [-0.15, -0.1) is 0 Å². The summed E-state index contributed by atoms with van der Waals surface area (Å²) in [5.41, 5.74) is 6.91. The number of ether oxygens (including phenoxy) is 2. The molecule has 1 heterocycles. The molecule has 0 saturated carbocycles. The third kappa shape index (κ3) is 3.56. The third-order valence-electron chi connectivity index (χ3n) is 2.80. The van der Waals surface area contributed by atoms with E-state index < -0.39 is 0 Å². The van der Waals surface area contributed by atoms with Crippen LogP contribution in [0, 0.1) is 0 Å². The lowest BCUT2D eigenvalue weighted by atomic mass is 10.1. The Labute approximate surface area is 117 Å². The highest BCUT2D eigenvalue weighted by Crippen LogP contribution is 2.35. The molecule has 1 aromatic carbocycles. The molecular weight excluding hydrogens is 262 g/mol. The van der Waals surface area contributed by atoms with E-state index in [0.717, 1.165) is 5.75 Å². The molecule has 0 atom stereocenters. The van der Waals surface area contributed by atoms with E-state index in [1.807, 2.05) is 0 Å². The smallest absolute Gasteiger partial charge is 0.165 e. The lowest BCUT2D eigenvalue weighted by Gasteiger charge is -2.19. The lowest BCUT2D eigenvalue weighted by molar-refractivity contribution is 0.0989. The van der Waals surface area contributed by atoms with E-state index in [1.165, 1.54) is 0 Å². The summed E-state index contributed by atoms with van der Waals surface area (Å²) >= 11 is 1.77. The zero-order valence-corrected chi connectivity index (χ0v) is 12.1. The van der Waals surface area contributed by atoms with Crippen LogP contribution in [0.15, 0.2) is 12.1 Å². The summed E-state index contributed by atoms with van der Waals surface area (Å²) < 4.78 is 10.9. The number of thioether (sulfide) groups is 1. The second-order valence-electron chi connectivity index (χ2n) is 4.68. The molecule has 5 heteroatoms. The van der Waals surface area contributed by atoms with E-state index in [4.69, 9.17) is 15.2 Å². The Hall–Kier alpha value is -1.36. The predicted octanol–water partition coefficient (Wildman–Crippen LogP) is 2.75. The van der Waals surface area contributed by atoms with Crippen molar-refractivity contribution in [2.75, 3.05) is 24.7 Å². The largest absolute Gasteiger partial charge is 0.486 e. The molecule has 4 nitrogen and oxygen atoms in total. The number of carbonyl (C=O) groups is 1. The van der Waals surface area contributed by atoms with Crippen molar-refractivity contribution in [3.8, 4) is 11.5 Å². The van der Waals surface area contributed by atoms with Crippen molar-refractivity contribution < 1.29 is 14.3 Å². The molecule has 0 spiro atoms. The number of nitrogens with two attached hydrogens (primary N) is 1. The topological polar surface area (TPSA) is 61.6 Å². The molecule has 2 N–H and O–H groups in total. The maximum Gasteiger partial charge on any atom is 0.165 e. The van der Waals surface area contributed by atoms with Crippen molar-refractivity contribution >= 4 is 23.2 Å². The van der Waals surface area contributed by atoms with Gasteiger partial charge >= 0.3 is 0 Å². The summed E-state index contributed by atoms with van der Waals surface area (Å²) in [4.78, 5) is 12.1. The Morgan fingerprint density at radius 3 is 2.58 bits per heavy atom. The normalized spacial score (nSPS) is 13.6. The number of fused-ring (bicyclic) bond motifs is 1. The fourth-order valence-electron chi connectivity index (χ4n) is 1.87. The van der Waals surface area contributed by atoms with Crippen LogP contribution in [-0.4, -0.2) is 30.0 Å². The first-order valence-electron chi connectivity index (χ1n) is 6.42. The number of benzene rings is 1. The first-order chi connectivity index (χ1) is 9.08. The monoisotopic (exact) mass is 281 g/mol. The number of nitrogen functional groups attached to an aromatic ring is 1. The molecule has 0 amide bonds. The van der Waals surface area contributed by atoms with E-state index in [-0.39, 0.29) is 5.78 Å². The number of hydrogen-bond acceptors (Lipinski definition) is 5. The van der Waals surface area contributed by atoms with E-state index in [2.05, 4.69) is 13.8 Å². The van der Waals surface area contributed by atoms with Crippen molar-refractivity contribution in [3.05, 3.63) is 17.7 Å².